The largest absolute Gasteiger partial charge is 0.483 e. The van der Waals surface area contributed by atoms with Gasteiger partial charge in [-0.3, -0.25) is 4.79 Å². The summed E-state index contributed by atoms with van der Waals surface area (Å²) in [6.45, 7) is 4.11. The molecule has 1 heterocycles. The smallest absolute Gasteiger partial charge is 0.258 e. The number of hydrogen-bond donors (Lipinski definition) is 1. The minimum Gasteiger partial charge on any atom is -0.483 e. The molecule has 5 nitrogen and oxygen atoms in total. The molecule has 1 aliphatic heterocycles. The zero-order valence-electron chi connectivity index (χ0n) is 15.8. The Labute approximate surface area is 158 Å². The molecule has 27 heavy (non-hydrogen) atoms. The van der Waals surface area contributed by atoms with Gasteiger partial charge in [-0.25, -0.2) is 4.39 Å². The average Bonchev–Trinajstić information content (AvgIpc) is 2.95. The maximum atomic E-state index is 13.4. The third-order valence-corrected chi connectivity index (χ3v) is 4.40. The van der Waals surface area contributed by atoms with Gasteiger partial charge in [-0.15, -0.1) is 0 Å². The number of rotatable bonds is 7. The number of benzene rings is 2. The molecule has 0 bridgehead atoms. The summed E-state index contributed by atoms with van der Waals surface area (Å²) >= 11 is 0. The van der Waals surface area contributed by atoms with Crippen LogP contribution in [0.1, 0.15) is 31.1 Å². The Morgan fingerprint density at radius 1 is 1.30 bits per heavy atom. The molecule has 0 aliphatic carbocycles. The molecular formula is C21H24FNO4. The molecular weight excluding hydrogens is 349 g/mol. The number of carbonyl (C=O) groups is 1. The van der Waals surface area contributed by atoms with Crippen LogP contribution < -0.4 is 14.8 Å². The minimum atomic E-state index is -0.435. The van der Waals surface area contributed by atoms with E-state index in [1.165, 1.54) is 19.2 Å². The first-order valence-electron chi connectivity index (χ1n) is 8.86. The Morgan fingerprint density at radius 2 is 2.07 bits per heavy atom. The summed E-state index contributed by atoms with van der Waals surface area (Å²) in [6, 6.07) is 11.8. The lowest BCUT2D eigenvalue weighted by Gasteiger charge is -2.18. The van der Waals surface area contributed by atoms with Gasteiger partial charge < -0.3 is 19.5 Å². The Hall–Kier alpha value is -2.60. The molecule has 1 unspecified atom stereocenters. The van der Waals surface area contributed by atoms with E-state index < -0.39 is 6.10 Å². The molecule has 0 fully saturated rings. The molecule has 1 atom stereocenters. The number of nitrogens with one attached hydrogen (secondary N) is 1. The van der Waals surface area contributed by atoms with Crippen LogP contribution in [-0.2, 0) is 16.0 Å². The maximum Gasteiger partial charge on any atom is 0.258 e. The van der Waals surface area contributed by atoms with Crippen LogP contribution in [0.5, 0.6) is 11.5 Å². The Bertz CT molecular complexity index is 822. The minimum absolute atomic E-state index is 0.139. The topological polar surface area (TPSA) is 56.8 Å². The first-order valence-corrected chi connectivity index (χ1v) is 8.86. The third-order valence-electron chi connectivity index (χ3n) is 4.40. The predicted octanol–water partition coefficient (Wildman–Crippen LogP) is 3.42. The van der Waals surface area contributed by atoms with Crippen molar-refractivity contribution >= 4 is 5.91 Å². The van der Waals surface area contributed by atoms with Crippen LogP contribution in [-0.4, -0.2) is 31.8 Å². The van der Waals surface area contributed by atoms with E-state index in [2.05, 4.69) is 5.32 Å². The fourth-order valence-corrected chi connectivity index (χ4v) is 3.15. The van der Waals surface area contributed by atoms with Gasteiger partial charge in [0.25, 0.3) is 5.91 Å². The average molecular weight is 373 g/mol. The summed E-state index contributed by atoms with van der Waals surface area (Å²) in [6.07, 6.45) is 0.365. The summed E-state index contributed by atoms with van der Waals surface area (Å²) in [4.78, 5) is 12.2. The van der Waals surface area contributed by atoms with Crippen molar-refractivity contribution in [2.75, 3.05) is 20.3 Å². The standard InChI is InChI=1S/C21H24FNO4/c1-21(2)11-15-7-5-9-17(20(15)27-21)26-13-19(24)23-12-18(25-3)14-6-4-8-16(22)10-14/h4-10,18H,11-13H2,1-3H3,(H,23,24). The number of methoxy groups -OCH3 is 1. The van der Waals surface area contributed by atoms with Crippen molar-refractivity contribution < 1.29 is 23.4 Å². The van der Waals surface area contributed by atoms with Crippen molar-refractivity contribution in [3.05, 3.63) is 59.4 Å². The SMILES string of the molecule is COC(CNC(=O)COc1cccc2c1OC(C)(C)C2)c1cccc(F)c1. The number of carbonyl (C=O) groups excluding carboxylic acids is 1. The van der Waals surface area contributed by atoms with Crippen molar-refractivity contribution in [3.8, 4) is 11.5 Å². The van der Waals surface area contributed by atoms with Gasteiger partial charge in [-0.05, 0) is 37.6 Å². The lowest BCUT2D eigenvalue weighted by atomic mass is 10.0. The van der Waals surface area contributed by atoms with Crippen LogP contribution in [0.4, 0.5) is 4.39 Å². The summed E-state index contributed by atoms with van der Waals surface area (Å²) in [5, 5.41) is 2.75. The van der Waals surface area contributed by atoms with E-state index in [0.29, 0.717) is 17.1 Å². The molecule has 2 aromatic rings. The van der Waals surface area contributed by atoms with E-state index in [0.717, 1.165) is 12.0 Å². The fourth-order valence-electron chi connectivity index (χ4n) is 3.15. The molecule has 0 saturated heterocycles. The molecule has 1 N–H and O–H groups in total. The third kappa shape index (κ3) is 4.77. The second-order valence-electron chi connectivity index (χ2n) is 7.16. The number of para-hydroxylation sites is 1. The van der Waals surface area contributed by atoms with Crippen LogP contribution in [0.2, 0.25) is 0 Å². The van der Waals surface area contributed by atoms with E-state index in [1.807, 2.05) is 26.0 Å². The van der Waals surface area contributed by atoms with Crippen molar-refractivity contribution in [1.82, 2.24) is 5.32 Å². The van der Waals surface area contributed by atoms with Gasteiger partial charge in [-0.2, -0.15) is 0 Å². The molecule has 0 aromatic heterocycles. The Morgan fingerprint density at radius 3 is 2.81 bits per heavy atom. The predicted molar refractivity (Wildman–Crippen MR) is 99.5 cm³/mol. The van der Waals surface area contributed by atoms with Crippen molar-refractivity contribution in [3.63, 3.8) is 0 Å². The van der Waals surface area contributed by atoms with Crippen LogP contribution in [0.15, 0.2) is 42.5 Å². The summed E-state index contributed by atoms with van der Waals surface area (Å²) in [7, 11) is 1.52. The molecule has 0 radical (unpaired) electrons. The lowest BCUT2D eigenvalue weighted by molar-refractivity contribution is -0.123. The van der Waals surface area contributed by atoms with E-state index in [4.69, 9.17) is 14.2 Å². The van der Waals surface area contributed by atoms with Crippen molar-refractivity contribution in [1.29, 1.82) is 0 Å². The van der Waals surface area contributed by atoms with Gasteiger partial charge in [-0.1, -0.05) is 24.3 Å². The normalized spacial score (nSPS) is 15.6. The molecule has 0 spiro atoms. The van der Waals surface area contributed by atoms with Crippen molar-refractivity contribution in [2.24, 2.45) is 0 Å². The van der Waals surface area contributed by atoms with Crippen LogP contribution in [0.3, 0.4) is 0 Å². The maximum absolute atomic E-state index is 13.4. The van der Waals surface area contributed by atoms with Gasteiger partial charge in [0.1, 0.15) is 11.4 Å². The van der Waals surface area contributed by atoms with Crippen molar-refractivity contribution in [2.45, 2.75) is 32.0 Å². The molecule has 144 valence electrons. The molecule has 2 aromatic carbocycles. The monoisotopic (exact) mass is 373 g/mol. The van der Waals surface area contributed by atoms with Gasteiger partial charge >= 0.3 is 0 Å². The van der Waals surface area contributed by atoms with Gasteiger partial charge in [0.15, 0.2) is 18.1 Å². The van der Waals surface area contributed by atoms with E-state index in [-0.39, 0.29) is 30.5 Å². The molecule has 1 aliphatic rings. The van der Waals surface area contributed by atoms with Gasteiger partial charge in [0, 0.05) is 25.6 Å². The molecule has 0 saturated carbocycles. The fraction of sp³-hybridized carbons (Fsp3) is 0.381. The zero-order valence-corrected chi connectivity index (χ0v) is 15.8. The molecule has 6 heteroatoms. The Kier molecular flexibility index (Phi) is 5.65. The lowest BCUT2D eigenvalue weighted by Crippen LogP contribution is -2.33. The summed E-state index contributed by atoms with van der Waals surface area (Å²) in [5.74, 6) is 0.625. The zero-order chi connectivity index (χ0) is 19.4. The second kappa shape index (κ2) is 7.96. The number of hydrogen-bond acceptors (Lipinski definition) is 4. The van der Waals surface area contributed by atoms with E-state index in [1.54, 1.807) is 18.2 Å². The van der Waals surface area contributed by atoms with Gasteiger partial charge in [0.05, 0.1) is 6.10 Å². The highest BCUT2D eigenvalue weighted by molar-refractivity contribution is 5.77. The summed E-state index contributed by atoms with van der Waals surface area (Å²) < 4.78 is 30.3. The summed E-state index contributed by atoms with van der Waals surface area (Å²) in [5.41, 5.74) is 1.46. The number of ether oxygens (including phenoxy) is 3. The molecule has 1 amide bonds. The molecule has 3 rings (SSSR count). The quantitative estimate of drug-likeness (QED) is 0.808. The number of fused-ring (bicyclic) bond motifs is 1. The highest BCUT2D eigenvalue weighted by Crippen LogP contribution is 2.41. The van der Waals surface area contributed by atoms with Crippen LogP contribution in [0, 0.1) is 5.82 Å². The van der Waals surface area contributed by atoms with Gasteiger partial charge in [0.2, 0.25) is 0 Å². The van der Waals surface area contributed by atoms with Crippen LogP contribution in [0.25, 0.3) is 0 Å². The number of amides is 1. The second-order valence-corrected chi connectivity index (χ2v) is 7.16. The number of halogens is 1. The highest BCUT2D eigenvalue weighted by atomic mass is 19.1. The Balaban J connectivity index is 1.54. The highest BCUT2D eigenvalue weighted by Gasteiger charge is 2.32. The van der Waals surface area contributed by atoms with E-state index in [9.17, 15) is 9.18 Å². The van der Waals surface area contributed by atoms with Crippen LogP contribution >= 0.6 is 0 Å². The first kappa shape index (κ1) is 19.2. The van der Waals surface area contributed by atoms with E-state index >= 15 is 0 Å². The first-order chi connectivity index (χ1) is 12.9.